The number of halogens is 2. The number of esters is 1. The van der Waals surface area contributed by atoms with Crippen LogP contribution in [0, 0.1) is 0 Å². The van der Waals surface area contributed by atoms with E-state index >= 15 is 0 Å². The van der Waals surface area contributed by atoms with E-state index in [2.05, 4.69) is 9.72 Å². The smallest absolute Gasteiger partial charge is 0.387 e. The van der Waals surface area contributed by atoms with Crippen LogP contribution in [0.4, 0.5) is 14.6 Å². The largest absolute Gasteiger partial charge is 0.461 e. The Morgan fingerprint density at radius 2 is 2.14 bits per heavy atom. The second-order valence-corrected chi connectivity index (χ2v) is 3.92. The van der Waals surface area contributed by atoms with E-state index in [9.17, 15) is 13.6 Å². The quantitative estimate of drug-likeness (QED) is 0.856. The number of hydrogen-bond acceptors (Lipinski definition) is 5. The van der Waals surface area contributed by atoms with Crippen LogP contribution in [0.3, 0.4) is 0 Å². The number of carbonyl (C=O) groups excluding carboxylic acids is 1. The fraction of sp³-hybridized carbons (Fsp3) is 0.231. The Balaban J connectivity index is 2.42. The van der Waals surface area contributed by atoms with Crippen molar-refractivity contribution in [2.24, 2.45) is 0 Å². The second kappa shape index (κ2) is 6.21. The van der Waals surface area contributed by atoms with Crippen molar-refractivity contribution >= 4 is 11.8 Å². The number of rotatable bonds is 5. The zero-order valence-corrected chi connectivity index (χ0v) is 11.1. The average Bonchev–Trinajstić information content (AvgIpc) is 2.81. The maximum absolute atomic E-state index is 12.4. The molecule has 8 heteroatoms. The van der Waals surface area contributed by atoms with Crippen LogP contribution in [0.25, 0.3) is 5.69 Å². The minimum Gasteiger partial charge on any atom is -0.461 e. The SMILES string of the molecule is CCOC(=O)c1ncn(-c2ccccc2OC(F)F)c1N. The molecule has 0 radical (unpaired) electrons. The molecule has 0 bridgehead atoms. The Labute approximate surface area is 119 Å². The van der Waals surface area contributed by atoms with Crippen molar-refractivity contribution in [3.8, 4) is 11.4 Å². The first-order chi connectivity index (χ1) is 10.0. The number of nitrogens with zero attached hydrogens (tertiary/aromatic N) is 2. The van der Waals surface area contributed by atoms with Gasteiger partial charge in [0.1, 0.15) is 17.9 Å². The van der Waals surface area contributed by atoms with Gasteiger partial charge in [0.15, 0.2) is 5.69 Å². The lowest BCUT2D eigenvalue weighted by molar-refractivity contribution is -0.0498. The van der Waals surface area contributed by atoms with Crippen LogP contribution in [0.2, 0.25) is 0 Å². The third-order valence-corrected chi connectivity index (χ3v) is 2.61. The van der Waals surface area contributed by atoms with E-state index < -0.39 is 12.6 Å². The number of aromatic nitrogens is 2. The van der Waals surface area contributed by atoms with Crippen molar-refractivity contribution in [1.29, 1.82) is 0 Å². The van der Waals surface area contributed by atoms with Gasteiger partial charge in [0.05, 0.1) is 12.3 Å². The van der Waals surface area contributed by atoms with Crippen LogP contribution in [-0.4, -0.2) is 28.7 Å². The van der Waals surface area contributed by atoms with Gasteiger partial charge in [-0.05, 0) is 19.1 Å². The summed E-state index contributed by atoms with van der Waals surface area (Å²) >= 11 is 0. The van der Waals surface area contributed by atoms with Crippen molar-refractivity contribution in [3.05, 3.63) is 36.3 Å². The van der Waals surface area contributed by atoms with Crippen molar-refractivity contribution < 1.29 is 23.0 Å². The Bertz CT molecular complexity index is 643. The minimum absolute atomic E-state index is 0.0150. The van der Waals surface area contributed by atoms with Gasteiger partial charge in [-0.2, -0.15) is 8.78 Å². The van der Waals surface area contributed by atoms with Gasteiger partial charge in [-0.25, -0.2) is 9.78 Å². The number of anilines is 1. The van der Waals surface area contributed by atoms with E-state index in [1.54, 1.807) is 19.1 Å². The molecule has 0 fully saturated rings. The van der Waals surface area contributed by atoms with Gasteiger partial charge in [-0.3, -0.25) is 4.57 Å². The van der Waals surface area contributed by atoms with Crippen molar-refractivity contribution in [2.75, 3.05) is 12.3 Å². The van der Waals surface area contributed by atoms with E-state index in [0.717, 1.165) is 0 Å². The first-order valence-corrected chi connectivity index (χ1v) is 6.08. The van der Waals surface area contributed by atoms with Gasteiger partial charge in [0.25, 0.3) is 0 Å². The Morgan fingerprint density at radius 1 is 1.43 bits per heavy atom. The second-order valence-electron chi connectivity index (χ2n) is 3.92. The van der Waals surface area contributed by atoms with Crippen molar-refractivity contribution in [1.82, 2.24) is 9.55 Å². The third kappa shape index (κ3) is 3.10. The summed E-state index contributed by atoms with van der Waals surface area (Å²) in [6.45, 7) is -1.15. The molecule has 0 atom stereocenters. The number of alkyl halides is 2. The first-order valence-electron chi connectivity index (χ1n) is 6.08. The molecule has 2 aromatic rings. The standard InChI is InChI=1S/C13H13F2N3O3/c1-2-20-12(19)10-11(16)18(7-17-10)8-5-3-4-6-9(8)21-13(14)15/h3-7,13H,2,16H2,1H3. The molecular weight excluding hydrogens is 284 g/mol. The monoisotopic (exact) mass is 297 g/mol. The third-order valence-electron chi connectivity index (χ3n) is 2.61. The molecule has 0 aliphatic heterocycles. The highest BCUT2D eigenvalue weighted by Crippen LogP contribution is 2.27. The number of ether oxygens (including phenoxy) is 2. The predicted octanol–water partition coefficient (Wildman–Crippen LogP) is 2.23. The van der Waals surface area contributed by atoms with Gasteiger partial charge < -0.3 is 15.2 Å². The Hall–Kier alpha value is -2.64. The summed E-state index contributed by atoms with van der Waals surface area (Å²) in [4.78, 5) is 15.5. The maximum atomic E-state index is 12.4. The summed E-state index contributed by atoms with van der Waals surface area (Å²) in [5.41, 5.74) is 5.99. The topological polar surface area (TPSA) is 79.4 Å². The van der Waals surface area contributed by atoms with E-state index in [1.807, 2.05) is 0 Å². The summed E-state index contributed by atoms with van der Waals surface area (Å²) < 4.78 is 35.3. The number of nitrogens with two attached hydrogens (primary N) is 1. The number of hydrogen-bond donors (Lipinski definition) is 1. The number of benzene rings is 1. The number of imidazole rings is 1. The molecule has 1 heterocycles. The number of nitrogen functional groups attached to an aromatic ring is 1. The van der Waals surface area contributed by atoms with Crippen LogP contribution in [0.5, 0.6) is 5.75 Å². The zero-order valence-electron chi connectivity index (χ0n) is 11.1. The fourth-order valence-corrected chi connectivity index (χ4v) is 1.76. The van der Waals surface area contributed by atoms with Gasteiger partial charge in [-0.1, -0.05) is 12.1 Å². The molecule has 0 aliphatic rings. The van der Waals surface area contributed by atoms with Gasteiger partial charge >= 0.3 is 12.6 Å². The molecule has 0 unspecified atom stereocenters. The van der Waals surface area contributed by atoms with E-state index in [-0.39, 0.29) is 29.6 Å². The molecule has 6 nitrogen and oxygen atoms in total. The molecule has 0 amide bonds. The molecule has 112 valence electrons. The maximum Gasteiger partial charge on any atom is 0.387 e. The number of para-hydroxylation sites is 2. The lowest BCUT2D eigenvalue weighted by Gasteiger charge is -2.12. The highest BCUT2D eigenvalue weighted by molar-refractivity contribution is 5.92. The molecule has 1 aromatic heterocycles. The molecule has 2 N–H and O–H groups in total. The first kappa shape index (κ1) is 14.8. The summed E-state index contributed by atoms with van der Waals surface area (Å²) in [5, 5.41) is 0. The number of carbonyl (C=O) groups is 1. The predicted molar refractivity (Wildman–Crippen MR) is 70.6 cm³/mol. The van der Waals surface area contributed by atoms with E-state index in [4.69, 9.17) is 10.5 Å². The summed E-state index contributed by atoms with van der Waals surface area (Å²) in [7, 11) is 0. The average molecular weight is 297 g/mol. The molecule has 0 saturated heterocycles. The molecule has 0 saturated carbocycles. The van der Waals surface area contributed by atoms with Gasteiger partial charge in [0.2, 0.25) is 0 Å². The van der Waals surface area contributed by atoms with Gasteiger partial charge in [0, 0.05) is 0 Å². The Kier molecular flexibility index (Phi) is 4.36. The molecular formula is C13H13F2N3O3. The van der Waals surface area contributed by atoms with Crippen LogP contribution in [-0.2, 0) is 4.74 Å². The van der Waals surface area contributed by atoms with Crippen molar-refractivity contribution in [2.45, 2.75) is 13.5 Å². The zero-order chi connectivity index (χ0) is 15.4. The molecule has 2 rings (SSSR count). The Morgan fingerprint density at radius 3 is 2.81 bits per heavy atom. The van der Waals surface area contributed by atoms with Crippen LogP contribution >= 0.6 is 0 Å². The lowest BCUT2D eigenvalue weighted by Crippen LogP contribution is -2.10. The van der Waals surface area contributed by atoms with Gasteiger partial charge in [-0.15, -0.1) is 0 Å². The van der Waals surface area contributed by atoms with E-state index in [0.29, 0.717) is 0 Å². The molecule has 1 aromatic carbocycles. The highest BCUT2D eigenvalue weighted by atomic mass is 19.3. The minimum atomic E-state index is -2.97. The summed E-state index contributed by atoms with van der Waals surface area (Å²) in [6, 6.07) is 6.05. The van der Waals surface area contributed by atoms with Crippen LogP contribution < -0.4 is 10.5 Å². The lowest BCUT2D eigenvalue weighted by atomic mass is 10.3. The normalized spacial score (nSPS) is 10.7. The summed E-state index contributed by atoms with van der Waals surface area (Å²) in [6.07, 6.45) is 1.25. The molecule has 21 heavy (non-hydrogen) atoms. The highest BCUT2D eigenvalue weighted by Gasteiger charge is 2.19. The van der Waals surface area contributed by atoms with Crippen LogP contribution in [0.1, 0.15) is 17.4 Å². The molecule has 0 spiro atoms. The fourth-order valence-electron chi connectivity index (χ4n) is 1.76. The summed E-state index contributed by atoms with van der Waals surface area (Å²) in [5.74, 6) is -0.771. The van der Waals surface area contributed by atoms with Crippen LogP contribution in [0.15, 0.2) is 30.6 Å². The molecule has 0 aliphatic carbocycles. The van der Waals surface area contributed by atoms with Crippen molar-refractivity contribution in [3.63, 3.8) is 0 Å². The van der Waals surface area contributed by atoms with E-state index in [1.165, 1.54) is 23.0 Å².